The number of hydrogen-bond donors (Lipinski definition) is 0. The lowest BCUT2D eigenvalue weighted by Crippen LogP contribution is -2.20. The summed E-state index contributed by atoms with van der Waals surface area (Å²) in [6.07, 6.45) is 0.617. The van der Waals surface area contributed by atoms with Gasteiger partial charge < -0.3 is 9.57 Å². The molecule has 2 aromatic carbocycles. The number of oxime groups is 1. The molecule has 22 heavy (non-hydrogen) atoms. The van der Waals surface area contributed by atoms with Crippen molar-refractivity contribution in [2.75, 3.05) is 13.7 Å². The smallest absolute Gasteiger partial charge is 0.193 e. The zero-order chi connectivity index (χ0) is 15.5. The third-order valence-electron chi connectivity index (χ3n) is 3.46. The molecule has 0 bridgehead atoms. The molecule has 1 aliphatic heterocycles. The number of halogens is 1. The largest absolute Gasteiger partial charge is 0.492 e. The van der Waals surface area contributed by atoms with Gasteiger partial charge >= 0.3 is 0 Å². The first kappa shape index (κ1) is 14.8. The second-order valence-corrected chi connectivity index (χ2v) is 5.75. The molecule has 5 heteroatoms. The van der Waals surface area contributed by atoms with E-state index < -0.39 is 0 Å². The standard InChI is InChI=1S/C17H14BrNO3/c1-21-19-14-9-10-22-15-4-2-3-13(16(14)15)17(20)11-5-7-12(18)8-6-11/h2-8H,9-10H2,1H3/b19-14+. The van der Waals surface area contributed by atoms with E-state index in [0.717, 1.165) is 15.7 Å². The normalized spacial score (nSPS) is 15.1. The molecule has 0 unspecified atom stereocenters. The molecule has 2 aromatic rings. The average molecular weight is 360 g/mol. The van der Waals surface area contributed by atoms with Crippen LogP contribution in [0.3, 0.4) is 0 Å². The summed E-state index contributed by atoms with van der Waals surface area (Å²) in [7, 11) is 1.50. The lowest BCUT2D eigenvalue weighted by Gasteiger charge is -2.21. The van der Waals surface area contributed by atoms with E-state index in [2.05, 4.69) is 21.1 Å². The van der Waals surface area contributed by atoms with Gasteiger partial charge in [-0.05, 0) is 30.3 Å². The van der Waals surface area contributed by atoms with Crippen molar-refractivity contribution in [2.45, 2.75) is 6.42 Å². The number of hydrogen-bond acceptors (Lipinski definition) is 4. The number of rotatable bonds is 3. The van der Waals surface area contributed by atoms with Crippen LogP contribution in [-0.4, -0.2) is 25.2 Å². The van der Waals surface area contributed by atoms with Gasteiger partial charge in [0.2, 0.25) is 0 Å². The van der Waals surface area contributed by atoms with E-state index in [4.69, 9.17) is 9.57 Å². The lowest BCUT2D eigenvalue weighted by molar-refractivity contribution is 0.103. The highest BCUT2D eigenvalue weighted by Crippen LogP contribution is 2.30. The van der Waals surface area contributed by atoms with Gasteiger partial charge in [-0.1, -0.05) is 33.2 Å². The second-order valence-electron chi connectivity index (χ2n) is 4.83. The number of benzene rings is 2. The van der Waals surface area contributed by atoms with Crippen molar-refractivity contribution in [1.82, 2.24) is 0 Å². The lowest BCUT2D eigenvalue weighted by atomic mass is 9.93. The van der Waals surface area contributed by atoms with Crippen LogP contribution < -0.4 is 4.74 Å². The summed E-state index contributed by atoms with van der Waals surface area (Å²) in [6.45, 7) is 0.533. The van der Waals surface area contributed by atoms with Gasteiger partial charge in [-0.15, -0.1) is 0 Å². The molecule has 112 valence electrons. The van der Waals surface area contributed by atoms with Gasteiger partial charge in [0.25, 0.3) is 0 Å². The van der Waals surface area contributed by atoms with Gasteiger partial charge in [0.1, 0.15) is 12.9 Å². The van der Waals surface area contributed by atoms with Gasteiger partial charge in [0.05, 0.1) is 17.9 Å². The molecular formula is C17H14BrNO3. The first-order valence-corrected chi connectivity index (χ1v) is 7.66. The molecule has 1 heterocycles. The molecule has 1 aliphatic rings. The summed E-state index contributed by atoms with van der Waals surface area (Å²) in [5.74, 6) is 0.615. The number of ketones is 1. The average Bonchev–Trinajstić information content (AvgIpc) is 2.55. The van der Waals surface area contributed by atoms with Gasteiger partial charge in [0, 0.05) is 22.0 Å². The monoisotopic (exact) mass is 359 g/mol. The Morgan fingerprint density at radius 2 is 2.00 bits per heavy atom. The Morgan fingerprint density at radius 1 is 1.23 bits per heavy atom. The van der Waals surface area contributed by atoms with Crippen molar-refractivity contribution < 1.29 is 14.4 Å². The molecule has 3 rings (SSSR count). The van der Waals surface area contributed by atoms with Crippen LogP contribution in [0.1, 0.15) is 27.9 Å². The first-order chi connectivity index (χ1) is 10.7. The van der Waals surface area contributed by atoms with Crippen LogP contribution in [-0.2, 0) is 4.84 Å². The minimum absolute atomic E-state index is 0.0568. The Morgan fingerprint density at radius 3 is 2.73 bits per heavy atom. The maximum atomic E-state index is 12.8. The summed E-state index contributed by atoms with van der Waals surface area (Å²) >= 11 is 3.37. The van der Waals surface area contributed by atoms with Gasteiger partial charge in [0.15, 0.2) is 5.78 Å². The minimum atomic E-state index is -0.0568. The predicted molar refractivity (Wildman–Crippen MR) is 87.7 cm³/mol. The van der Waals surface area contributed by atoms with Gasteiger partial charge in [-0.3, -0.25) is 4.79 Å². The summed E-state index contributed by atoms with van der Waals surface area (Å²) in [5.41, 5.74) is 2.67. The summed E-state index contributed by atoms with van der Waals surface area (Å²) < 4.78 is 6.58. The first-order valence-electron chi connectivity index (χ1n) is 6.87. The third kappa shape index (κ3) is 2.76. The number of carbonyl (C=O) groups is 1. The Balaban J connectivity index is 2.10. The number of ether oxygens (including phenoxy) is 1. The van der Waals surface area contributed by atoms with Crippen molar-refractivity contribution in [2.24, 2.45) is 5.16 Å². The van der Waals surface area contributed by atoms with Crippen LogP contribution in [0.5, 0.6) is 5.75 Å². The fraction of sp³-hybridized carbons (Fsp3) is 0.176. The molecule has 0 amide bonds. The highest BCUT2D eigenvalue weighted by atomic mass is 79.9. The van der Waals surface area contributed by atoms with Crippen molar-refractivity contribution in [3.05, 3.63) is 63.6 Å². The maximum absolute atomic E-state index is 12.8. The molecular weight excluding hydrogens is 346 g/mol. The summed E-state index contributed by atoms with van der Waals surface area (Å²) in [5, 5.41) is 4.05. The third-order valence-corrected chi connectivity index (χ3v) is 3.99. The molecule has 0 saturated carbocycles. The van der Waals surface area contributed by atoms with Crippen LogP contribution >= 0.6 is 15.9 Å². The molecule has 4 nitrogen and oxygen atoms in total. The van der Waals surface area contributed by atoms with E-state index in [1.807, 2.05) is 24.3 Å². The Kier molecular flexibility index (Phi) is 4.24. The van der Waals surface area contributed by atoms with Gasteiger partial charge in [-0.2, -0.15) is 0 Å². The quantitative estimate of drug-likeness (QED) is 0.618. The van der Waals surface area contributed by atoms with E-state index in [1.54, 1.807) is 18.2 Å². The second kappa shape index (κ2) is 6.32. The Bertz CT molecular complexity index is 738. The molecule has 0 N–H and O–H groups in total. The van der Waals surface area contributed by atoms with Crippen molar-refractivity contribution in [3.8, 4) is 5.75 Å². The Hall–Kier alpha value is -2.14. The molecule has 0 radical (unpaired) electrons. The molecule has 0 aromatic heterocycles. The fourth-order valence-electron chi connectivity index (χ4n) is 2.48. The predicted octanol–water partition coefficient (Wildman–Crippen LogP) is 3.81. The number of fused-ring (bicyclic) bond motifs is 1. The summed E-state index contributed by atoms with van der Waals surface area (Å²) in [6, 6.07) is 12.7. The molecule has 0 spiro atoms. The summed E-state index contributed by atoms with van der Waals surface area (Å²) in [4.78, 5) is 17.7. The highest BCUT2D eigenvalue weighted by Gasteiger charge is 2.24. The Labute approximate surface area is 136 Å². The SMILES string of the molecule is CO/N=C1\CCOc2cccc(C(=O)c3ccc(Br)cc3)c21. The molecule has 0 saturated heterocycles. The van der Waals surface area contributed by atoms with Crippen LogP contribution in [0.15, 0.2) is 52.1 Å². The molecule has 0 fully saturated rings. The number of carbonyl (C=O) groups excluding carboxylic acids is 1. The van der Waals surface area contributed by atoms with Crippen LogP contribution in [0.25, 0.3) is 0 Å². The molecule has 0 aliphatic carbocycles. The topological polar surface area (TPSA) is 47.9 Å². The number of nitrogens with zero attached hydrogens (tertiary/aromatic N) is 1. The highest BCUT2D eigenvalue weighted by molar-refractivity contribution is 9.10. The van der Waals surface area contributed by atoms with E-state index in [1.165, 1.54) is 7.11 Å². The van der Waals surface area contributed by atoms with E-state index in [0.29, 0.717) is 29.9 Å². The van der Waals surface area contributed by atoms with Crippen molar-refractivity contribution in [3.63, 3.8) is 0 Å². The zero-order valence-corrected chi connectivity index (χ0v) is 13.6. The van der Waals surface area contributed by atoms with Crippen LogP contribution in [0.4, 0.5) is 0 Å². The molecule has 0 atom stereocenters. The van der Waals surface area contributed by atoms with Crippen molar-refractivity contribution in [1.29, 1.82) is 0 Å². The fourth-order valence-corrected chi connectivity index (χ4v) is 2.74. The van der Waals surface area contributed by atoms with E-state index in [-0.39, 0.29) is 5.78 Å². The van der Waals surface area contributed by atoms with Gasteiger partial charge in [-0.25, -0.2) is 0 Å². The van der Waals surface area contributed by atoms with E-state index >= 15 is 0 Å². The van der Waals surface area contributed by atoms with E-state index in [9.17, 15) is 4.79 Å². The minimum Gasteiger partial charge on any atom is -0.492 e. The zero-order valence-electron chi connectivity index (χ0n) is 12.0. The van der Waals surface area contributed by atoms with Crippen LogP contribution in [0, 0.1) is 0 Å². The maximum Gasteiger partial charge on any atom is 0.193 e. The van der Waals surface area contributed by atoms with Crippen LogP contribution in [0.2, 0.25) is 0 Å². The van der Waals surface area contributed by atoms with Crippen molar-refractivity contribution >= 4 is 27.4 Å².